The minimum Gasteiger partial charge on any atom is -0.392 e. The Labute approximate surface area is 108 Å². The molecule has 0 aliphatic heterocycles. The molecular weight excluding hydrogens is 282 g/mol. The van der Waals surface area contributed by atoms with Crippen LogP contribution >= 0.6 is 15.9 Å². The second-order valence-electron chi connectivity index (χ2n) is 3.99. The van der Waals surface area contributed by atoms with E-state index in [0.717, 1.165) is 15.9 Å². The predicted octanol–water partition coefficient (Wildman–Crippen LogP) is 1.72. The Morgan fingerprint density at radius 2 is 2.00 bits per heavy atom. The van der Waals surface area contributed by atoms with E-state index < -0.39 is 6.10 Å². The van der Waals surface area contributed by atoms with Gasteiger partial charge < -0.3 is 5.11 Å². The van der Waals surface area contributed by atoms with Crippen LogP contribution in [0.3, 0.4) is 0 Å². The maximum atomic E-state index is 9.98. The molecule has 1 heterocycles. The van der Waals surface area contributed by atoms with Crippen molar-refractivity contribution in [1.29, 1.82) is 0 Å². The van der Waals surface area contributed by atoms with Gasteiger partial charge in [0, 0.05) is 17.9 Å². The van der Waals surface area contributed by atoms with Crippen LogP contribution in [0.15, 0.2) is 35.1 Å². The maximum absolute atomic E-state index is 9.98. The number of aromatic nitrogens is 3. The molecule has 4 nitrogen and oxygen atoms in total. The molecule has 0 radical (unpaired) electrons. The van der Waals surface area contributed by atoms with Gasteiger partial charge in [0.25, 0.3) is 0 Å². The van der Waals surface area contributed by atoms with Crippen LogP contribution in [0, 0.1) is 0 Å². The van der Waals surface area contributed by atoms with Crippen LogP contribution in [-0.4, -0.2) is 26.0 Å². The number of aliphatic hydroxyl groups is 1. The first-order chi connectivity index (χ1) is 8.15. The van der Waals surface area contributed by atoms with Crippen molar-refractivity contribution >= 4 is 15.9 Å². The fraction of sp³-hybridized carbons (Fsp3) is 0.333. The molecule has 0 saturated heterocycles. The molecule has 0 amide bonds. The first-order valence-corrected chi connectivity index (χ1v) is 6.20. The highest BCUT2D eigenvalue weighted by Crippen LogP contribution is 2.13. The SMILES string of the molecule is Cn1ncnc1CC(O)Cc1ccc(Br)cc1. The first kappa shape index (κ1) is 12.3. The Hall–Kier alpha value is -1.20. The molecule has 1 unspecified atom stereocenters. The molecular formula is C12H14BrN3O. The lowest BCUT2D eigenvalue weighted by Crippen LogP contribution is -2.16. The van der Waals surface area contributed by atoms with Gasteiger partial charge in [-0.05, 0) is 24.1 Å². The number of halogens is 1. The summed E-state index contributed by atoms with van der Waals surface area (Å²) in [5.41, 5.74) is 1.11. The molecule has 1 aromatic heterocycles. The Kier molecular flexibility index (Phi) is 3.91. The van der Waals surface area contributed by atoms with Crippen molar-refractivity contribution in [2.24, 2.45) is 7.05 Å². The molecule has 0 spiro atoms. The minimum absolute atomic E-state index is 0.431. The lowest BCUT2D eigenvalue weighted by Gasteiger charge is -2.10. The maximum Gasteiger partial charge on any atom is 0.138 e. The summed E-state index contributed by atoms with van der Waals surface area (Å²) in [5, 5.41) is 14.0. The van der Waals surface area contributed by atoms with Gasteiger partial charge >= 0.3 is 0 Å². The molecule has 2 rings (SSSR count). The highest BCUT2D eigenvalue weighted by molar-refractivity contribution is 9.10. The number of hydrogen-bond donors (Lipinski definition) is 1. The second kappa shape index (κ2) is 5.42. The number of nitrogens with zero attached hydrogens (tertiary/aromatic N) is 3. The summed E-state index contributed by atoms with van der Waals surface area (Å²) in [6.07, 6.45) is 2.22. The molecule has 90 valence electrons. The third-order valence-corrected chi connectivity index (χ3v) is 3.14. The van der Waals surface area contributed by atoms with E-state index in [-0.39, 0.29) is 0 Å². The van der Waals surface area contributed by atoms with E-state index in [1.165, 1.54) is 6.33 Å². The van der Waals surface area contributed by atoms with Crippen LogP contribution in [0.25, 0.3) is 0 Å². The average Bonchev–Trinajstić information content (AvgIpc) is 2.68. The van der Waals surface area contributed by atoms with Crippen LogP contribution < -0.4 is 0 Å². The van der Waals surface area contributed by atoms with Gasteiger partial charge in [-0.2, -0.15) is 5.10 Å². The molecule has 1 aromatic carbocycles. The largest absolute Gasteiger partial charge is 0.392 e. The fourth-order valence-electron chi connectivity index (χ4n) is 1.68. The van der Waals surface area contributed by atoms with E-state index in [4.69, 9.17) is 0 Å². The van der Waals surface area contributed by atoms with Crippen LogP contribution in [0.5, 0.6) is 0 Å². The van der Waals surface area contributed by atoms with Crippen molar-refractivity contribution in [2.75, 3.05) is 0 Å². The van der Waals surface area contributed by atoms with Crippen molar-refractivity contribution in [1.82, 2.24) is 14.8 Å². The molecule has 5 heteroatoms. The van der Waals surface area contributed by atoms with E-state index in [0.29, 0.717) is 12.8 Å². The molecule has 0 fully saturated rings. The average molecular weight is 296 g/mol. The lowest BCUT2D eigenvalue weighted by atomic mass is 10.1. The van der Waals surface area contributed by atoms with Crippen molar-refractivity contribution in [3.05, 3.63) is 46.5 Å². The Balaban J connectivity index is 1.95. The molecule has 1 N–H and O–H groups in total. The lowest BCUT2D eigenvalue weighted by molar-refractivity contribution is 0.171. The highest BCUT2D eigenvalue weighted by atomic mass is 79.9. The molecule has 0 saturated carbocycles. The number of benzene rings is 1. The van der Waals surface area contributed by atoms with Gasteiger partial charge in [0.05, 0.1) is 6.10 Å². The van der Waals surface area contributed by atoms with Gasteiger partial charge in [-0.1, -0.05) is 28.1 Å². The van der Waals surface area contributed by atoms with E-state index in [1.54, 1.807) is 4.68 Å². The fourth-order valence-corrected chi connectivity index (χ4v) is 1.94. The summed E-state index contributed by atoms with van der Waals surface area (Å²) in [6, 6.07) is 7.96. The summed E-state index contributed by atoms with van der Waals surface area (Å²) < 4.78 is 2.73. The zero-order chi connectivity index (χ0) is 12.3. The van der Waals surface area contributed by atoms with Gasteiger partial charge in [0.1, 0.15) is 12.2 Å². The van der Waals surface area contributed by atoms with Crippen molar-refractivity contribution in [3.63, 3.8) is 0 Å². The van der Waals surface area contributed by atoms with E-state index in [9.17, 15) is 5.11 Å². The van der Waals surface area contributed by atoms with Gasteiger partial charge in [-0.15, -0.1) is 0 Å². The van der Waals surface area contributed by atoms with E-state index in [1.807, 2.05) is 31.3 Å². The molecule has 0 aliphatic carbocycles. The zero-order valence-corrected chi connectivity index (χ0v) is 11.1. The number of rotatable bonds is 4. The number of aryl methyl sites for hydroxylation is 1. The predicted molar refractivity (Wildman–Crippen MR) is 68.6 cm³/mol. The normalized spacial score (nSPS) is 12.6. The van der Waals surface area contributed by atoms with Crippen LogP contribution in [0.2, 0.25) is 0 Å². The topological polar surface area (TPSA) is 50.9 Å². The van der Waals surface area contributed by atoms with Gasteiger partial charge in [0.2, 0.25) is 0 Å². The van der Waals surface area contributed by atoms with Crippen molar-refractivity contribution < 1.29 is 5.11 Å². The van der Waals surface area contributed by atoms with Gasteiger partial charge in [0.15, 0.2) is 0 Å². The van der Waals surface area contributed by atoms with Crippen LogP contribution in [0.1, 0.15) is 11.4 Å². The van der Waals surface area contributed by atoms with Gasteiger partial charge in [-0.3, -0.25) is 4.68 Å². The Morgan fingerprint density at radius 1 is 1.29 bits per heavy atom. The third-order valence-electron chi connectivity index (χ3n) is 2.61. The monoisotopic (exact) mass is 295 g/mol. The minimum atomic E-state index is -0.431. The molecule has 17 heavy (non-hydrogen) atoms. The third kappa shape index (κ3) is 3.38. The van der Waals surface area contributed by atoms with Crippen LogP contribution in [-0.2, 0) is 19.9 Å². The van der Waals surface area contributed by atoms with E-state index in [2.05, 4.69) is 26.0 Å². The van der Waals surface area contributed by atoms with Crippen LogP contribution in [0.4, 0.5) is 0 Å². The zero-order valence-electron chi connectivity index (χ0n) is 9.55. The number of hydrogen-bond acceptors (Lipinski definition) is 3. The summed E-state index contributed by atoms with van der Waals surface area (Å²) >= 11 is 3.39. The standard InChI is InChI=1S/C12H14BrN3O/c1-16-12(14-8-15-16)7-11(17)6-9-2-4-10(13)5-3-9/h2-5,8,11,17H,6-7H2,1H3. The molecule has 0 bridgehead atoms. The summed E-state index contributed by atoms with van der Waals surface area (Å²) in [6.45, 7) is 0. The Morgan fingerprint density at radius 3 is 2.59 bits per heavy atom. The smallest absolute Gasteiger partial charge is 0.138 e. The highest BCUT2D eigenvalue weighted by Gasteiger charge is 2.10. The van der Waals surface area contributed by atoms with Crippen molar-refractivity contribution in [3.8, 4) is 0 Å². The molecule has 1 atom stereocenters. The Bertz CT molecular complexity index is 481. The summed E-state index contributed by atoms with van der Waals surface area (Å²) in [7, 11) is 1.83. The number of aliphatic hydroxyl groups excluding tert-OH is 1. The first-order valence-electron chi connectivity index (χ1n) is 5.40. The van der Waals surface area contributed by atoms with Gasteiger partial charge in [-0.25, -0.2) is 4.98 Å². The molecule has 2 aromatic rings. The quantitative estimate of drug-likeness (QED) is 0.934. The van der Waals surface area contributed by atoms with E-state index >= 15 is 0 Å². The summed E-state index contributed by atoms with van der Waals surface area (Å²) in [5.74, 6) is 0.801. The molecule has 0 aliphatic rings. The summed E-state index contributed by atoms with van der Waals surface area (Å²) in [4.78, 5) is 4.10. The van der Waals surface area contributed by atoms with Crippen molar-refractivity contribution in [2.45, 2.75) is 18.9 Å². The second-order valence-corrected chi connectivity index (χ2v) is 4.90.